The van der Waals surface area contributed by atoms with Crippen LogP contribution in [0.25, 0.3) is 0 Å². The molecule has 2 saturated heterocycles. The van der Waals surface area contributed by atoms with Crippen molar-refractivity contribution < 1.29 is 22.6 Å². The van der Waals surface area contributed by atoms with Gasteiger partial charge in [-0.05, 0) is 50.5 Å². The van der Waals surface area contributed by atoms with Crippen molar-refractivity contribution in [3.63, 3.8) is 0 Å². The lowest BCUT2D eigenvalue weighted by Crippen LogP contribution is -2.51. The fraction of sp³-hybridized carbons (Fsp3) is 0.667. The zero-order valence-corrected chi connectivity index (χ0v) is 16.0. The molecule has 0 bridgehead atoms. The fourth-order valence-corrected chi connectivity index (χ4v) is 5.20. The molecule has 25 heavy (non-hydrogen) atoms. The molecule has 2 aliphatic heterocycles. The van der Waals surface area contributed by atoms with E-state index in [-0.39, 0.29) is 0 Å². The molecule has 0 unspecified atom stereocenters. The van der Waals surface area contributed by atoms with Crippen LogP contribution in [0.5, 0.6) is 5.75 Å². The molecular weight excluding hydrogens is 342 g/mol. The fourth-order valence-electron chi connectivity index (χ4n) is 3.46. The summed E-state index contributed by atoms with van der Waals surface area (Å²) in [5.41, 5.74) is 1.54. The number of benzene rings is 1. The number of hydrogen-bond acceptors (Lipinski definition) is 5. The van der Waals surface area contributed by atoms with E-state index in [2.05, 4.69) is 0 Å². The number of hydrogen-bond donors (Lipinski definition) is 0. The third-order valence-corrected chi connectivity index (χ3v) is 6.93. The number of sulfonamides is 1. The van der Waals surface area contributed by atoms with Crippen LogP contribution in [-0.2, 0) is 19.5 Å². The van der Waals surface area contributed by atoms with Crippen LogP contribution in [-0.4, -0.2) is 51.4 Å². The molecule has 0 N–H and O–H groups in total. The first-order chi connectivity index (χ1) is 11.9. The second kappa shape index (κ2) is 7.23. The van der Waals surface area contributed by atoms with Crippen molar-refractivity contribution in [2.24, 2.45) is 0 Å². The molecule has 140 valence electrons. The smallest absolute Gasteiger partial charge is 0.243 e. The van der Waals surface area contributed by atoms with E-state index in [1.54, 1.807) is 10.4 Å². The molecule has 2 heterocycles. The molecule has 0 radical (unpaired) electrons. The lowest BCUT2D eigenvalue weighted by atomic mass is 10.0. The second-order valence-electron chi connectivity index (χ2n) is 6.68. The van der Waals surface area contributed by atoms with Crippen molar-refractivity contribution in [2.75, 3.05) is 32.9 Å². The molecule has 0 saturated carbocycles. The number of ether oxygens (including phenoxy) is 3. The molecule has 7 heteroatoms. The Morgan fingerprint density at radius 3 is 2.36 bits per heavy atom. The highest BCUT2D eigenvalue weighted by Crippen LogP contribution is 2.34. The first kappa shape index (κ1) is 18.6. The van der Waals surface area contributed by atoms with Gasteiger partial charge < -0.3 is 14.2 Å². The van der Waals surface area contributed by atoms with Crippen LogP contribution < -0.4 is 4.74 Å². The van der Waals surface area contributed by atoms with Gasteiger partial charge in [-0.25, -0.2) is 8.42 Å². The van der Waals surface area contributed by atoms with E-state index in [0.29, 0.717) is 56.2 Å². The summed E-state index contributed by atoms with van der Waals surface area (Å²) >= 11 is 0. The highest BCUT2D eigenvalue weighted by atomic mass is 32.2. The summed E-state index contributed by atoms with van der Waals surface area (Å²) in [4.78, 5) is 0.356. The van der Waals surface area contributed by atoms with Crippen LogP contribution in [0.2, 0.25) is 0 Å². The van der Waals surface area contributed by atoms with Crippen molar-refractivity contribution >= 4 is 10.0 Å². The van der Waals surface area contributed by atoms with Gasteiger partial charge in [-0.2, -0.15) is 4.31 Å². The summed E-state index contributed by atoms with van der Waals surface area (Å²) in [5, 5.41) is 0. The number of piperidine rings is 1. The van der Waals surface area contributed by atoms with Crippen LogP contribution in [0.4, 0.5) is 0 Å². The van der Waals surface area contributed by atoms with E-state index < -0.39 is 15.8 Å². The average molecular weight is 369 g/mol. The van der Waals surface area contributed by atoms with Gasteiger partial charge in [-0.1, -0.05) is 0 Å². The summed E-state index contributed by atoms with van der Waals surface area (Å²) in [7, 11) is -3.54. The van der Waals surface area contributed by atoms with E-state index in [1.807, 2.05) is 26.8 Å². The molecule has 0 amide bonds. The first-order valence-corrected chi connectivity index (χ1v) is 10.3. The highest BCUT2D eigenvalue weighted by Gasteiger charge is 2.41. The van der Waals surface area contributed by atoms with Crippen LogP contribution in [0.15, 0.2) is 17.0 Å². The van der Waals surface area contributed by atoms with Crippen LogP contribution in [0.1, 0.15) is 37.3 Å². The Kier molecular flexibility index (Phi) is 5.39. The van der Waals surface area contributed by atoms with Crippen molar-refractivity contribution in [2.45, 2.75) is 50.7 Å². The molecule has 3 rings (SSSR count). The maximum atomic E-state index is 13.1. The normalized spacial score (nSPS) is 21.4. The predicted molar refractivity (Wildman–Crippen MR) is 94.3 cm³/mol. The minimum atomic E-state index is -3.54. The summed E-state index contributed by atoms with van der Waals surface area (Å²) < 4.78 is 44.9. The molecular formula is C18H27NO5S. The van der Waals surface area contributed by atoms with E-state index in [1.165, 1.54) is 0 Å². The van der Waals surface area contributed by atoms with Gasteiger partial charge in [0.05, 0.1) is 24.7 Å². The second-order valence-corrected chi connectivity index (χ2v) is 8.59. The average Bonchev–Trinajstić information content (AvgIpc) is 2.59. The molecule has 1 spiro atoms. The Balaban J connectivity index is 1.79. The van der Waals surface area contributed by atoms with E-state index >= 15 is 0 Å². The zero-order chi connectivity index (χ0) is 18.1. The third-order valence-electron chi connectivity index (χ3n) is 4.89. The minimum absolute atomic E-state index is 0.356. The Bertz CT molecular complexity index is 715. The molecule has 0 atom stereocenters. The monoisotopic (exact) mass is 369 g/mol. The summed E-state index contributed by atoms with van der Waals surface area (Å²) in [6.45, 7) is 8.35. The van der Waals surface area contributed by atoms with E-state index in [4.69, 9.17) is 14.2 Å². The van der Waals surface area contributed by atoms with Crippen molar-refractivity contribution in [3.8, 4) is 5.75 Å². The van der Waals surface area contributed by atoms with Crippen LogP contribution in [0, 0.1) is 13.8 Å². The molecule has 2 fully saturated rings. The Labute approximate surface area is 150 Å². The van der Waals surface area contributed by atoms with Gasteiger partial charge in [0.15, 0.2) is 5.79 Å². The third kappa shape index (κ3) is 3.69. The minimum Gasteiger partial charge on any atom is -0.494 e. The van der Waals surface area contributed by atoms with Crippen LogP contribution >= 0.6 is 0 Å². The standard InChI is InChI=1S/C18H27NO5S/c1-4-22-16-12-15(3)17(13-14(16)2)25(20,21)19-8-6-18(7-9-19)23-10-5-11-24-18/h12-13H,4-11H2,1-3H3. The van der Waals surface area contributed by atoms with Crippen molar-refractivity contribution in [3.05, 3.63) is 23.3 Å². The Morgan fingerprint density at radius 2 is 1.76 bits per heavy atom. The lowest BCUT2D eigenvalue weighted by Gasteiger charge is -2.42. The lowest BCUT2D eigenvalue weighted by molar-refractivity contribution is -0.280. The van der Waals surface area contributed by atoms with Gasteiger partial charge >= 0.3 is 0 Å². The summed E-state index contributed by atoms with van der Waals surface area (Å²) in [5.74, 6) is 0.147. The van der Waals surface area contributed by atoms with Gasteiger partial charge in [0.1, 0.15) is 5.75 Å². The number of nitrogens with zero attached hydrogens (tertiary/aromatic N) is 1. The van der Waals surface area contributed by atoms with Gasteiger partial charge in [-0.15, -0.1) is 0 Å². The SMILES string of the molecule is CCOc1cc(C)c(S(=O)(=O)N2CCC3(CC2)OCCCO3)cc1C. The van der Waals surface area contributed by atoms with Crippen molar-refractivity contribution in [1.29, 1.82) is 0 Å². The maximum absolute atomic E-state index is 13.1. The highest BCUT2D eigenvalue weighted by molar-refractivity contribution is 7.89. The van der Waals surface area contributed by atoms with Gasteiger partial charge in [0.25, 0.3) is 0 Å². The van der Waals surface area contributed by atoms with Crippen LogP contribution in [0.3, 0.4) is 0 Å². The van der Waals surface area contributed by atoms with Gasteiger partial charge in [-0.3, -0.25) is 0 Å². The molecule has 0 aliphatic carbocycles. The predicted octanol–water partition coefficient (Wildman–Crippen LogP) is 2.62. The van der Waals surface area contributed by atoms with Gasteiger partial charge in [0, 0.05) is 25.9 Å². The molecule has 0 aromatic heterocycles. The summed E-state index contributed by atoms with van der Waals surface area (Å²) in [6.07, 6.45) is 2.04. The maximum Gasteiger partial charge on any atom is 0.243 e. The topological polar surface area (TPSA) is 65.1 Å². The largest absolute Gasteiger partial charge is 0.494 e. The van der Waals surface area contributed by atoms with E-state index in [0.717, 1.165) is 17.7 Å². The quantitative estimate of drug-likeness (QED) is 0.816. The Morgan fingerprint density at radius 1 is 1.12 bits per heavy atom. The van der Waals surface area contributed by atoms with E-state index in [9.17, 15) is 8.42 Å². The first-order valence-electron chi connectivity index (χ1n) is 8.90. The zero-order valence-electron chi connectivity index (χ0n) is 15.2. The number of rotatable bonds is 4. The van der Waals surface area contributed by atoms with Crippen molar-refractivity contribution in [1.82, 2.24) is 4.31 Å². The summed E-state index contributed by atoms with van der Waals surface area (Å²) in [6, 6.07) is 3.53. The van der Waals surface area contributed by atoms with Gasteiger partial charge in [0.2, 0.25) is 10.0 Å². The molecule has 1 aromatic carbocycles. The molecule has 6 nitrogen and oxygen atoms in total. The Hall–Kier alpha value is -1.15. The molecule has 1 aromatic rings. The molecule has 2 aliphatic rings. The number of aryl methyl sites for hydroxylation is 2.